The summed E-state index contributed by atoms with van der Waals surface area (Å²) in [6.45, 7) is 3.95. The molecule has 0 bridgehead atoms. The van der Waals surface area contributed by atoms with E-state index in [2.05, 4.69) is 37.6 Å². The summed E-state index contributed by atoms with van der Waals surface area (Å²) in [7, 11) is 0. The highest BCUT2D eigenvalue weighted by Crippen LogP contribution is 2.22. The van der Waals surface area contributed by atoms with Gasteiger partial charge in [0, 0.05) is 25.4 Å². The van der Waals surface area contributed by atoms with Crippen molar-refractivity contribution in [3.63, 3.8) is 0 Å². The topological polar surface area (TPSA) is 162 Å². The first-order valence-electron chi connectivity index (χ1n) is 11.6. The molecule has 0 saturated carbocycles. The van der Waals surface area contributed by atoms with Crippen LogP contribution >= 0.6 is 0 Å². The van der Waals surface area contributed by atoms with Gasteiger partial charge < -0.3 is 31.9 Å². The monoisotopic (exact) mass is 477 g/mol. The molecule has 0 amide bonds. The van der Waals surface area contributed by atoms with E-state index in [1.807, 2.05) is 42.6 Å². The van der Waals surface area contributed by atoms with Gasteiger partial charge in [0.15, 0.2) is 11.3 Å². The highest BCUT2D eigenvalue weighted by atomic mass is 16.5. The maximum Gasteiger partial charge on any atom is 0.222 e. The minimum Gasteiger partial charge on any atom is -0.439 e. The molecule has 3 aromatic heterocycles. The summed E-state index contributed by atoms with van der Waals surface area (Å²) in [6, 6.07) is 11.5. The fraction of sp³-hybridized carbons (Fsp3) is 0.333. The third-order valence-electron chi connectivity index (χ3n) is 5.26. The number of ether oxygens (including phenoxy) is 1. The van der Waals surface area contributed by atoms with E-state index < -0.39 is 0 Å². The molecule has 0 spiro atoms. The zero-order chi connectivity index (χ0) is 24.6. The van der Waals surface area contributed by atoms with E-state index in [-0.39, 0.29) is 18.7 Å². The predicted molar refractivity (Wildman–Crippen MR) is 135 cm³/mol. The lowest BCUT2D eigenvalue weighted by atomic mass is 10.2. The third-order valence-corrected chi connectivity index (χ3v) is 5.26. The van der Waals surface area contributed by atoms with Crippen molar-refractivity contribution < 1.29 is 9.84 Å². The molecule has 11 nitrogen and oxygen atoms in total. The number of fused-ring (bicyclic) bond motifs is 1. The second kappa shape index (κ2) is 11.6. The molecular formula is C24H31N9O2. The third kappa shape index (κ3) is 6.63. The van der Waals surface area contributed by atoms with Crippen LogP contribution in [0.4, 0.5) is 11.8 Å². The normalized spacial score (nSPS) is 12.1. The van der Waals surface area contributed by atoms with Crippen molar-refractivity contribution in [2.24, 2.45) is 5.73 Å². The van der Waals surface area contributed by atoms with Crippen LogP contribution in [0.5, 0.6) is 11.6 Å². The molecule has 3 heterocycles. The van der Waals surface area contributed by atoms with Gasteiger partial charge in [0.05, 0.1) is 25.5 Å². The number of hydrogen-bond donors (Lipinski definition) is 5. The number of hydrogen-bond acceptors (Lipinski definition) is 10. The Kier molecular flexibility index (Phi) is 8.03. The van der Waals surface area contributed by atoms with Crippen LogP contribution < -0.4 is 26.8 Å². The molecule has 0 aliphatic heterocycles. The molecule has 0 aliphatic rings. The molecule has 0 aliphatic carbocycles. The van der Waals surface area contributed by atoms with Crippen molar-refractivity contribution in [2.75, 3.05) is 24.2 Å². The van der Waals surface area contributed by atoms with Gasteiger partial charge in [-0.05, 0) is 29.7 Å². The molecule has 184 valence electrons. The number of rotatable bonds is 12. The quantitative estimate of drug-likeness (QED) is 0.151. The molecule has 1 atom stereocenters. The second-order valence-corrected chi connectivity index (χ2v) is 8.18. The van der Waals surface area contributed by atoms with Crippen LogP contribution in [0.1, 0.15) is 30.9 Å². The predicted octanol–water partition coefficient (Wildman–Crippen LogP) is 2.22. The van der Waals surface area contributed by atoms with Crippen molar-refractivity contribution in [1.29, 1.82) is 0 Å². The second-order valence-electron chi connectivity index (χ2n) is 8.18. The Hall–Kier alpha value is -3.80. The number of benzene rings is 1. The first-order valence-corrected chi connectivity index (χ1v) is 11.6. The molecule has 0 saturated heterocycles. The van der Waals surface area contributed by atoms with Crippen molar-refractivity contribution in [3.8, 4) is 11.6 Å². The number of nitrogen functional groups attached to an aromatic ring is 1. The number of nitrogens with two attached hydrogens (primary N) is 2. The lowest BCUT2D eigenvalue weighted by molar-refractivity contribution is 0.292. The van der Waals surface area contributed by atoms with E-state index in [0.29, 0.717) is 48.1 Å². The van der Waals surface area contributed by atoms with Crippen LogP contribution in [0.25, 0.3) is 11.0 Å². The van der Waals surface area contributed by atoms with E-state index in [9.17, 15) is 0 Å². The van der Waals surface area contributed by atoms with Crippen molar-refractivity contribution in [3.05, 3.63) is 59.9 Å². The lowest BCUT2D eigenvalue weighted by Gasteiger charge is -2.13. The number of pyridine rings is 1. The summed E-state index contributed by atoms with van der Waals surface area (Å²) in [5, 5.41) is 19.8. The maximum absolute atomic E-state index is 8.84. The highest BCUT2D eigenvalue weighted by Gasteiger charge is 2.13. The average Bonchev–Trinajstić information content (AvgIpc) is 3.24. The van der Waals surface area contributed by atoms with Crippen LogP contribution in [0.15, 0.2) is 48.8 Å². The molecule has 7 N–H and O–H groups in total. The summed E-state index contributed by atoms with van der Waals surface area (Å²) >= 11 is 0. The van der Waals surface area contributed by atoms with Gasteiger partial charge in [-0.3, -0.25) is 4.68 Å². The molecule has 4 rings (SSSR count). The zero-order valence-electron chi connectivity index (χ0n) is 19.7. The highest BCUT2D eigenvalue weighted by molar-refractivity contribution is 5.85. The Morgan fingerprint density at radius 2 is 1.91 bits per heavy atom. The summed E-state index contributed by atoms with van der Waals surface area (Å²) in [5.41, 5.74) is 15.3. The number of aliphatic hydroxyl groups is 1. The van der Waals surface area contributed by atoms with Gasteiger partial charge in [-0.1, -0.05) is 31.5 Å². The van der Waals surface area contributed by atoms with Gasteiger partial charge in [0.25, 0.3) is 0 Å². The first-order chi connectivity index (χ1) is 17.0. The Bertz CT molecular complexity index is 1230. The molecule has 0 fully saturated rings. The van der Waals surface area contributed by atoms with Gasteiger partial charge >= 0.3 is 0 Å². The Morgan fingerprint density at radius 1 is 1.11 bits per heavy atom. The number of anilines is 2. The van der Waals surface area contributed by atoms with Gasteiger partial charge in [-0.25, -0.2) is 9.97 Å². The Morgan fingerprint density at radius 3 is 2.63 bits per heavy atom. The standard InChI is InChI=1S/C24H31N9O2/c1-2-3-20(25)30-23-22-19(29-24(26)31-23)15-33(32-22)14-17-6-9-21(28-13-17)35-18-7-4-16(5-8-18)12-27-10-11-34/h4-9,13,15,20,27,34H,2-3,10-12,14,25H2,1H3,(H3,26,29,30,31). The Balaban J connectivity index is 1.40. The minimum atomic E-state index is -0.237. The summed E-state index contributed by atoms with van der Waals surface area (Å²) < 4.78 is 7.63. The van der Waals surface area contributed by atoms with E-state index in [0.717, 1.165) is 24.0 Å². The molecule has 11 heteroatoms. The van der Waals surface area contributed by atoms with Crippen molar-refractivity contribution in [1.82, 2.24) is 30.0 Å². The molecular weight excluding hydrogens is 446 g/mol. The lowest BCUT2D eigenvalue weighted by Crippen LogP contribution is -2.29. The van der Waals surface area contributed by atoms with Crippen molar-refractivity contribution >= 4 is 22.8 Å². The summed E-state index contributed by atoms with van der Waals surface area (Å²) in [4.78, 5) is 13.0. The SMILES string of the molecule is CCCC(N)Nc1nc(N)nc2cn(Cc3ccc(Oc4ccc(CNCCO)cc4)nc3)nc12. The minimum absolute atomic E-state index is 0.119. The smallest absolute Gasteiger partial charge is 0.222 e. The number of nitrogens with zero attached hydrogens (tertiary/aromatic N) is 5. The van der Waals surface area contributed by atoms with E-state index in [4.69, 9.17) is 21.3 Å². The largest absolute Gasteiger partial charge is 0.439 e. The van der Waals surface area contributed by atoms with Crippen molar-refractivity contribution in [2.45, 2.75) is 39.0 Å². The van der Waals surface area contributed by atoms with Gasteiger partial charge in [-0.15, -0.1) is 0 Å². The van der Waals surface area contributed by atoms with E-state index >= 15 is 0 Å². The van der Waals surface area contributed by atoms with E-state index in [1.165, 1.54) is 0 Å². The molecule has 1 unspecified atom stereocenters. The van der Waals surface area contributed by atoms with Gasteiger partial charge in [-0.2, -0.15) is 10.1 Å². The molecule has 0 radical (unpaired) electrons. The van der Waals surface area contributed by atoms with E-state index in [1.54, 1.807) is 10.9 Å². The van der Waals surface area contributed by atoms with Crippen LogP contribution in [-0.2, 0) is 13.1 Å². The zero-order valence-corrected chi connectivity index (χ0v) is 19.7. The summed E-state index contributed by atoms with van der Waals surface area (Å²) in [5.74, 6) is 1.90. The first kappa shape index (κ1) is 24.3. The fourth-order valence-electron chi connectivity index (χ4n) is 3.58. The number of aliphatic hydroxyl groups excluding tert-OH is 1. The molecule has 4 aromatic rings. The molecule has 1 aromatic carbocycles. The van der Waals surface area contributed by atoms with Crippen LogP contribution in [0.3, 0.4) is 0 Å². The van der Waals surface area contributed by atoms with Crippen LogP contribution in [0.2, 0.25) is 0 Å². The molecule has 35 heavy (non-hydrogen) atoms. The average molecular weight is 478 g/mol. The van der Waals surface area contributed by atoms with Gasteiger partial charge in [0.1, 0.15) is 11.3 Å². The fourth-order valence-corrected chi connectivity index (χ4v) is 3.58. The number of nitrogens with one attached hydrogen (secondary N) is 2. The number of aromatic nitrogens is 5. The summed E-state index contributed by atoms with van der Waals surface area (Å²) in [6.07, 6.45) is 5.10. The maximum atomic E-state index is 8.84. The Labute approximate surface area is 203 Å². The van der Waals surface area contributed by atoms with Crippen LogP contribution in [-0.4, -0.2) is 49.2 Å². The van der Waals surface area contributed by atoms with Gasteiger partial charge in [0.2, 0.25) is 11.8 Å². The van der Waals surface area contributed by atoms with Crippen LogP contribution in [0, 0.1) is 0 Å².